The van der Waals surface area contributed by atoms with Crippen LogP contribution in [0.5, 0.6) is 0 Å². The van der Waals surface area contributed by atoms with Gasteiger partial charge in [-0.25, -0.2) is 13.2 Å². The molecule has 7 nitrogen and oxygen atoms in total. The Labute approximate surface area is 166 Å². The van der Waals surface area contributed by atoms with Crippen molar-refractivity contribution in [2.45, 2.75) is 56.4 Å². The molecule has 2 aliphatic rings. The highest BCUT2D eigenvalue weighted by Crippen LogP contribution is 2.24. The lowest BCUT2D eigenvalue weighted by atomic mass is 9.86. The van der Waals surface area contributed by atoms with E-state index in [4.69, 9.17) is 4.74 Å². The molecule has 0 radical (unpaired) electrons. The van der Waals surface area contributed by atoms with Gasteiger partial charge >= 0.3 is 5.97 Å². The number of amides is 1. The molecule has 0 bridgehead atoms. The van der Waals surface area contributed by atoms with Gasteiger partial charge in [0.05, 0.1) is 10.5 Å². The third-order valence-electron chi connectivity index (χ3n) is 5.56. The van der Waals surface area contributed by atoms with Gasteiger partial charge in [-0.3, -0.25) is 4.79 Å². The number of sulfonamides is 1. The van der Waals surface area contributed by atoms with E-state index in [2.05, 4.69) is 12.2 Å². The number of benzene rings is 1. The van der Waals surface area contributed by atoms with Gasteiger partial charge in [-0.05, 0) is 49.8 Å². The summed E-state index contributed by atoms with van der Waals surface area (Å²) in [5, 5.41) is 2.93. The first-order chi connectivity index (χ1) is 13.4. The number of ether oxygens (including phenoxy) is 1. The average molecular weight is 409 g/mol. The van der Waals surface area contributed by atoms with Crippen LogP contribution in [0.1, 0.15) is 55.8 Å². The predicted octanol–water partition coefficient (Wildman–Crippen LogP) is 2.32. The summed E-state index contributed by atoms with van der Waals surface area (Å²) >= 11 is 0. The topological polar surface area (TPSA) is 92.8 Å². The molecule has 1 amide bonds. The van der Waals surface area contributed by atoms with Crippen LogP contribution in [-0.4, -0.2) is 50.3 Å². The van der Waals surface area contributed by atoms with Crippen molar-refractivity contribution in [1.82, 2.24) is 9.62 Å². The Hall–Kier alpha value is -1.93. The summed E-state index contributed by atoms with van der Waals surface area (Å²) < 4.78 is 31.8. The van der Waals surface area contributed by atoms with Crippen LogP contribution in [0.15, 0.2) is 29.2 Å². The first kappa shape index (κ1) is 20.8. The number of carbonyl (C=O) groups excluding carboxylic acids is 2. The van der Waals surface area contributed by atoms with Crippen LogP contribution in [0.25, 0.3) is 0 Å². The van der Waals surface area contributed by atoms with E-state index in [1.807, 2.05) is 0 Å². The van der Waals surface area contributed by atoms with Gasteiger partial charge in [-0.2, -0.15) is 4.31 Å². The fraction of sp³-hybridized carbons (Fsp3) is 0.600. The van der Waals surface area contributed by atoms with Gasteiger partial charge in [0.15, 0.2) is 6.61 Å². The largest absolute Gasteiger partial charge is 0.452 e. The minimum absolute atomic E-state index is 0.0735. The summed E-state index contributed by atoms with van der Waals surface area (Å²) in [5.41, 5.74) is 0.124. The highest BCUT2D eigenvalue weighted by molar-refractivity contribution is 7.89. The molecule has 2 atom stereocenters. The maximum absolute atomic E-state index is 12.6. The van der Waals surface area contributed by atoms with Gasteiger partial charge in [-0.15, -0.1) is 0 Å². The average Bonchev–Trinajstić information content (AvgIpc) is 3.24. The molecule has 0 unspecified atom stereocenters. The second-order valence-corrected chi connectivity index (χ2v) is 9.59. The number of hydrogen-bond acceptors (Lipinski definition) is 5. The first-order valence-electron chi connectivity index (χ1n) is 9.94. The van der Waals surface area contributed by atoms with Crippen LogP contribution in [0, 0.1) is 5.92 Å². The lowest BCUT2D eigenvalue weighted by Crippen LogP contribution is -2.42. The quantitative estimate of drug-likeness (QED) is 0.729. The van der Waals surface area contributed by atoms with Crippen LogP contribution in [0.3, 0.4) is 0 Å². The van der Waals surface area contributed by atoms with Crippen molar-refractivity contribution in [2.24, 2.45) is 5.92 Å². The summed E-state index contributed by atoms with van der Waals surface area (Å²) in [6.07, 6.45) is 5.98. The van der Waals surface area contributed by atoms with E-state index >= 15 is 0 Å². The van der Waals surface area contributed by atoms with Crippen LogP contribution >= 0.6 is 0 Å². The molecule has 1 aliphatic heterocycles. The molecule has 3 rings (SSSR count). The van der Waals surface area contributed by atoms with Crippen molar-refractivity contribution in [3.05, 3.63) is 29.8 Å². The molecule has 1 N–H and O–H groups in total. The van der Waals surface area contributed by atoms with Crippen LogP contribution in [0.4, 0.5) is 0 Å². The molecular formula is C20H28N2O5S. The van der Waals surface area contributed by atoms with Crippen molar-refractivity contribution in [3.63, 3.8) is 0 Å². The standard InChI is InChI=1S/C20H28N2O5S/c1-15-7-2-3-10-18(15)21-19(23)14-27-20(24)16-8-6-9-17(13-16)28(25,26)22-11-4-5-12-22/h6,8-9,13,15,18H,2-5,7,10-12,14H2,1H3,(H,21,23)/t15-,18+/m0/s1. The molecule has 0 aromatic heterocycles. The molecule has 1 aromatic rings. The Bertz CT molecular complexity index is 818. The zero-order valence-corrected chi connectivity index (χ0v) is 17.0. The highest BCUT2D eigenvalue weighted by Gasteiger charge is 2.28. The Morgan fingerprint density at radius 2 is 1.86 bits per heavy atom. The molecule has 154 valence electrons. The van der Waals surface area contributed by atoms with Crippen molar-refractivity contribution >= 4 is 21.9 Å². The molecule has 8 heteroatoms. The minimum atomic E-state index is -3.61. The van der Waals surface area contributed by atoms with Crippen LogP contribution < -0.4 is 5.32 Å². The molecule has 1 aromatic carbocycles. The maximum Gasteiger partial charge on any atom is 0.338 e. The van der Waals surface area contributed by atoms with Gasteiger partial charge in [0, 0.05) is 19.1 Å². The summed E-state index contributed by atoms with van der Waals surface area (Å²) in [5.74, 6) is -0.612. The van der Waals surface area contributed by atoms with E-state index < -0.39 is 16.0 Å². The van der Waals surface area contributed by atoms with Gasteiger partial charge in [0.25, 0.3) is 5.91 Å². The highest BCUT2D eigenvalue weighted by atomic mass is 32.2. The van der Waals surface area contributed by atoms with Gasteiger partial charge in [0.2, 0.25) is 10.0 Å². The summed E-state index contributed by atoms with van der Waals surface area (Å²) in [4.78, 5) is 24.5. The monoisotopic (exact) mass is 408 g/mol. The van der Waals surface area contributed by atoms with E-state index in [9.17, 15) is 18.0 Å². The third-order valence-corrected chi connectivity index (χ3v) is 7.46. The first-order valence-corrected chi connectivity index (χ1v) is 11.4. The number of carbonyl (C=O) groups is 2. The Morgan fingerprint density at radius 3 is 2.57 bits per heavy atom. The van der Waals surface area contributed by atoms with E-state index in [-0.39, 0.29) is 29.0 Å². The molecule has 28 heavy (non-hydrogen) atoms. The molecule has 2 fully saturated rings. The Kier molecular flexibility index (Phi) is 6.72. The lowest BCUT2D eigenvalue weighted by Gasteiger charge is -2.29. The van der Waals surface area contributed by atoms with Crippen molar-refractivity contribution in [1.29, 1.82) is 0 Å². The number of rotatable bonds is 6. The van der Waals surface area contributed by atoms with E-state index in [0.29, 0.717) is 19.0 Å². The minimum Gasteiger partial charge on any atom is -0.452 e. The van der Waals surface area contributed by atoms with Crippen molar-refractivity contribution < 1.29 is 22.7 Å². The SMILES string of the molecule is C[C@H]1CCCC[C@H]1NC(=O)COC(=O)c1cccc(S(=O)(=O)N2CCCC2)c1. The Morgan fingerprint density at radius 1 is 1.14 bits per heavy atom. The fourth-order valence-electron chi connectivity index (χ4n) is 3.85. The van der Waals surface area contributed by atoms with Gasteiger partial charge < -0.3 is 10.1 Å². The Balaban J connectivity index is 1.58. The van der Waals surface area contributed by atoms with Crippen molar-refractivity contribution in [2.75, 3.05) is 19.7 Å². The predicted molar refractivity (Wildman–Crippen MR) is 104 cm³/mol. The van der Waals surface area contributed by atoms with Gasteiger partial charge in [-0.1, -0.05) is 25.8 Å². The summed E-state index contributed by atoms with van der Waals surface area (Å²) in [6, 6.07) is 5.92. The third kappa shape index (κ3) is 4.91. The summed E-state index contributed by atoms with van der Waals surface area (Å²) in [6.45, 7) is 2.74. The second kappa shape index (κ2) is 9.05. The molecule has 1 heterocycles. The van der Waals surface area contributed by atoms with Gasteiger partial charge in [0.1, 0.15) is 0 Å². The zero-order valence-electron chi connectivity index (χ0n) is 16.2. The smallest absolute Gasteiger partial charge is 0.338 e. The number of esters is 1. The molecular weight excluding hydrogens is 380 g/mol. The zero-order chi connectivity index (χ0) is 20.1. The number of nitrogens with zero attached hydrogens (tertiary/aromatic N) is 1. The molecule has 1 saturated carbocycles. The van der Waals surface area contributed by atoms with E-state index in [0.717, 1.165) is 32.1 Å². The molecule has 1 saturated heterocycles. The summed E-state index contributed by atoms with van der Waals surface area (Å²) in [7, 11) is -3.61. The second-order valence-electron chi connectivity index (χ2n) is 7.65. The fourth-order valence-corrected chi connectivity index (χ4v) is 5.42. The molecule has 0 spiro atoms. The number of nitrogens with one attached hydrogen (secondary N) is 1. The van der Waals surface area contributed by atoms with E-state index in [1.54, 1.807) is 0 Å². The van der Waals surface area contributed by atoms with Crippen LogP contribution in [-0.2, 0) is 19.6 Å². The van der Waals surface area contributed by atoms with E-state index in [1.165, 1.54) is 35.0 Å². The number of hydrogen-bond donors (Lipinski definition) is 1. The van der Waals surface area contributed by atoms with Crippen molar-refractivity contribution in [3.8, 4) is 0 Å². The lowest BCUT2D eigenvalue weighted by molar-refractivity contribution is -0.125. The van der Waals surface area contributed by atoms with Crippen LogP contribution in [0.2, 0.25) is 0 Å². The molecule has 1 aliphatic carbocycles. The maximum atomic E-state index is 12.6. The normalized spacial score (nSPS) is 23.3.